The van der Waals surface area contributed by atoms with Gasteiger partial charge in [-0.1, -0.05) is 25.0 Å². The number of alkyl carbamates (subject to hydrolysis) is 1. The molecule has 4 amide bonds. The SMILES string of the molecule is COc1ccc2nc(C)c(O[C@@H]3C[C@H]4C(=O)N[C@]5(C(=O)NS(=O)(=O)C6(C)CC6)CC5/C=C\CCCCC[C@H](NC(=O)O[C@H](C)C(F)(F)F)C(=O)N4C3)nc2c1. The molecule has 0 radical (unpaired) electrons. The van der Waals surface area contributed by atoms with Crippen LogP contribution in [-0.4, -0.2) is 102 Å². The molecule has 1 unspecified atom stereocenters. The van der Waals surface area contributed by atoms with Crippen molar-refractivity contribution in [1.29, 1.82) is 0 Å². The normalized spacial score (nSPS) is 27.9. The van der Waals surface area contributed by atoms with Crippen molar-refractivity contribution in [3.63, 3.8) is 0 Å². The smallest absolute Gasteiger partial charge is 0.425 e. The summed E-state index contributed by atoms with van der Waals surface area (Å²) in [5, 5.41) is 5.04. The maximum Gasteiger partial charge on any atom is 0.425 e. The number of ether oxygens (including phenoxy) is 3. The van der Waals surface area contributed by atoms with E-state index >= 15 is 0 Å². The fourth-order valence-corrected chi connectivity index (χ4v) is 8.16. The van der Waals surface area contributed by atoms with Gasteiger partial charge in [-0.15, -0.1) is 0 Å². The zero-order chi connectivity index (χ0) is 39.9. The van der Waals surface area contributed by atoms with Gasteiger partial charge < -0.3 is 29.7 Å². The summed E-state index contributed by atoms with van der Waals surface area (Å²) in [7, 11) is -2.56. The average Bonchev–Trinajstić information content (AvgIpc) is 4.00. The van der Waals surface area contributed by atoms with E-state index in [4.69, 9.17) is 9.47 Å². The third-order valence-electron chi connectivity index (χ3n) is 10.8. The summed E-state index contributed by atoms with van der Waals surface area (Å²) in [6, 6.07) is 2.42. The van der Waals surface area contributed by atoms with E-state index in [1.165, 1.54) is 14.0 Å². The number of alkyl halides is 3. The lowest BCUT2D eigenvalue weighted by atomic mass is 10.0. The molecule has 2 aliphatic heterocycles. The van der Waals surface area contributed by atoms with E-state index in [2.05, 4.69) is 30.1 Å². The Kier molecular flexibility index (Phi) is 11.0. The third kappa shape index (κ3) is 8.60. The van der Waals surface area contributed by atoms with Crippen LogP contribution in [0.5, 0.6) is 11.6 Å². The number of benzene rings is 1. The molecule has 0 spiro atoms. The minimum atomic E-state index is -4.84. The number of sulfonamides is 1. The van der Waals surface area contributed by atoms with Crippen LogP contribution in [0, 0.1) is 12.8 Å². The van der Waals surface area contributed by atoms with Crippen LogP contribution in [0.1, 0.15) is 77.3 Å². The van der Waals surface area contributed by atoms with Crippen LogP contribution in [-0.2, 0) is 29.1 Å². The number of rotatable bonds is 8. The minimum Gasteiger partial charge on any atom is -0.497 e. The Bertz CT molecular complexity index is 1990. The number of fused-ring (bicyclic) bond motifs is 3. The van der Waals surface area contributed by atoms with Gasteiger partial charge in [-0.2, -0.15) is 13.2 Å². The van der Waals surface area contributed by atoms with Crippen LogP contribution >= 0.6 is 0 Å². The number of halogens is 3. The van der Waals surface area contributed by atoms with Crippen LogP contribution < -0.4 is 24.8 Å². The van der Waals surface area contributed by atoms with Gasteiger partial charge in [0.1, 0.15) is 35.2 Å². The second-order valence-electron chi connectivity index (χ2n) is 15.0. The van der Waals surface area contributed by atoms with E-state index in [1.807, 2.05) is 6.08 Å². The predicted octanol–water partition coefficient (Wildman–Crippen LogP) is 3.73. The highest BCUT2D eigenvalue weighted by molar-refractivity contribution is 7.91. The molecule has 1 aromatic carbocycles. The quantitative estimate of drug-likeness (QED) is 0.330. The van der Waals surface area contributed by atoms with E-state index < -0.39 is 80.5 Å². The van der Waals surface area contributed by atoms with Gasteiger partial charge in [-0.25, -0.2) is 23.2 Å². The maximum absolute atomic E-state index is 14.3. The molecule has 6 atom stereocenters. The number of amides is 4. The highest BCUT2D eigenvalue weighted by Crippen LogP contribution is 2.47. The molecule has 3 fully saturated rings. The molecular weight excluding hydrogens is 749 g/mol. The molecule has 2 aromatic rings. The van der Waals surface area contributed by atoms with Gasteiger partial charge in [0.2, 0.25) is 27.7 Å². The second-order valence-corrected chi connectivity index (χ2v) is 17.2. The van der Waals surface area contributed by atoms with Gasteiger partial charge in [0.05, 0.1) is 29.4 Å². The van der Waals surface area contributed by atoms with Crippen molar-refractivity contribution in [2.24, 2.45) is 5.92 Å². The summed E-state index contributed by atoms with van der Waals surface area (Å²) in [5.74, 6) is -2.35. The molecule has 2 saturated carbocycles. The molecule has 4 aliphatic rings. The van der Waals surface area contributed by atoms with E-state index in [9.17, 15) is 40.8 Å². The number of nitrogens with one attached hydrogen (secondary N) is 3. The standard InChI is InChI=1S/C36H45F3N6O9S/c1-20-30(41-27-16-23(52-4)12-13-25(27)40-20)54-24-17-28-29(46)43-35(32(48)44-55(50,51)34(3)14-15-34)18-22(35)10-8-6-5-7-9-11-26(31(47)45(28)19-24)42-33(49)53-21(2)36(37,38)39/h8,10,12-13,16,21-22,24,26,28H,5-7,9,11,14-15,17-19H2,1-4H3,(H,42,49)(H,43,46)(H,44,48)/b10-8-/t21-,22?,24-,26+,28+,35-/m1/s1. The lowest BCUT2D eigenvalue weighted by molar-refractivity contribution is -0.197. The topological polar surface area (TPSA) is 195 Å². The monoisotopic (exact) mass is 794 g/mol. The zero-order valence-corrected chi connectivity index (χ0v) is 31.7. The summed E-state index contributed by atoms with van der Waals surface area (Å²) in [4.78, 5) is 65.4. The molecule has 1 saturated heterocycles. The molecule has 19 heteroatoms. The fraction of sp³-hybridized carbons (Fsp3) is 0.611. The van der Waals surface area contributed by atoms with E-state index in [0.717, 1.165) is 4.90 Å². The molecule has 3 N–H and O–H groups in total. The van der Waals surface area contributed by atoms with Crippen LogP contribution in [0.3, 0.4) is 0 Å². The first-order valence-corrected chi connectivity index (χ1v) is 19.7. The number of aryl methyl sites for hydroxylation is 1. The van der Waals surface area contributed by atoms with Gasteiger partial charge in [-0.3, -0.25) is 19.1 Å². The van der Waals surface area contributed by atoms with Crippen molar-refractivity contribution in [3.8, 4) is 11.6 Å². The molecule has 15 nitrogen and oxygen atoms in total. The Morgan fingerprint density at radius 3 is 2.55 bits per heavy atom. The maximum atomic E-state index is 14.3. The van der Waals surface area contributed by atoms with Gasteiger partial charge in [-0.05, 0) is 71.4 Å². The Balaban J connectivity index is 1.31. The van der Waals surface area contributed by atoms with Crippen molar-refractivity contribution in [3.05, 3.63) is 36.0 Å². The van der Waals surface area contributed by atoms with Gasteiger partial charge >= 0.3 is 12.3 Å². The molecule has 6 rings (SSSR count). The molecule has 55 heavy (non-hydrogen) atoms. The molecule has 2 aliphatic carbocycles. The third-order valence-corrected chi connectivity index (χ3v) is 13.0. The average molecular weight is 795 g/mol. The lowest BCUT2D eigenvalue weighted by Gasteiger charge is -2.30. The Morgan fingerprint density at radius 2 is 1.85 bits per heavy atom. The molecular formula is C36H45F3N6O9S. The van der Waals surface area contributed by atoms with Gasteiger partial charge in [0.25, 0.3) is 5.91 Å². The Labute approximate surface area is 316 Å². The molecule has 1 aromatic heterocycles. The highest BCUT2D eigenvalue weighted by Gasteiger charge is 2.63. The van der Waals surface area contributed by atoms with Crippen molar-refractivity contribution in [1.82, 2.24) is 30.2 Å². The zero-order valence-electron chi connectivity index (χ0n) is 30.9. The summed E-state index contributed by atoms with van der Waals surface area (Å²) in [6.45, 7) is 3.65. The number of allylic oxidation sites excluding steroid dienone is 1. The summed E-state index contributed by atoms with van der Waals surface area (Å²) < 4.78 is 83.0. The summed E-state index contributed by atoms with van der Waals surface area (Å²) in [5.41, 5.74) is -0.204. The fourth-order valence-electron chi connectivity index (χ4n) is 6.85. The Hall–Kier alpha value is -4.68. The van der Waals surface area contributed by atoms with Crippen LogP contribution in [0.4, 0.5) is 18.0 Å². The number of carbonyl (C=O) groups excluding carboxylic acids is 4. The number of hydrogen-bond donors (Lipinski definition) is 3. The molecule has 0 bridgehead atoms. The van der Waals surface area contributed by atoms with E-state index in [-0.39, 0.29) is 31.7 Å². The van der Waals surface area contributed by atoms with Crippen LogP contribution in [0.15, 0.2) is 30.4 Å². The van der Waals surface area contributed by atoms with Crippen molar-refractivity contribution < 1.29 is 55.0 Å². The number of methoxy groups -OCH3 is 1. The number of carbonyl (C=O) groups is 4. The van der Waals surface area contributed by atoms with Gasteiger partial charge in [0.15, 0.2) is 6.10 Å². The largest absolute Gasteiger partial charge is 0.497 e. The van der Waals surface area contributed by atoms with E-state index in [0.29, 0.717) is 67.9 Å². The van der Waals surface area contributed by atoms with Crippen LogP contribution in [0.2, 0.25) is 0 Å². The van der Waals surface area contributed by atoms with Crippen molar-refractivity contribution in [2.45, 2.75) is 119 Å². The van der Waals surface area contributed by atoms with E-state index in [1.54, 1.807) is 31.2 Å². The first kappa shape index (κ1) is 40.0. The van der Waals surface area contributed by atoms with Crippen LogP contribution in [0.25, 0.3) is 11.0 Å². The van der Waals surface area contributed by atoms with Crippen molar-refractivity contribution in [2.75, 3.05) is 13.7 Å². The second kappa shape index (κ2) is 15.1. The first-order chi connectivity index (χ1) is 25.9. The highest BCUT2D eigenvalue weighted by atomic mass is 32.2. The number of aromatic nitrogens is 2. The van der Waals surface area contributed by atoms with Gasteiger partial charge in [0, 0.05) is 18.4 Å². The number of nitrogens with zero attached hydrogens (tertiary/aromatic N) is 3. The first-order valence-electron chi connectivity index (χ1n) is 18.2. The molecule has 3 heterocycles. The molecule has 300 valence electrons. The summed E-state index contributed by atoms with van der Waals surface area (Å²) >= 11 is 0. The summed E-state index contributed by atoms with van der Waals surface area (Å²) in [6.07, 6.45) is -3.07. The number of hydrogen-bond acceptors (Lipinski definition) is 11. The predicted molar refractivity (Wildman–Crippen MR) is 190 cm³/mol. The van der Waals surface area contributed by atoms with Crippen molar-refractivity contribution >= 4 is 44.9 Å². The minimum absolute atomic E-state index is 0.0249. The lowest BCUT2D eigenvalue weighted by Crippen LogP contribution is -2.58. The Morgan fingerprint density at radius 1 is 1.11 bits per heavy atom.